The van der Waals surface area contributed by atoms with Crippen molar-refractivity contribution in [1.82, 2.24) is 14.5 Å². The lowest BCUT2D eigenvalue weighted by Gasteiger charge is -2.26. The zero-order valence-corrected chi connectivity index (χ0v) is 17.7. The fourth-order valence-electron chi connectivity index (χ4n) is 3.53. The smallest absolute Gasteiger partial charge is 0.262 e. The number of hydrazone groups is 1. The number of carbonyl (C=O) groups excluding carboxylic acids is 2. The molecule has 160 valence electrons. The molecule has 8 nitrogen and oxygen atoms in total. The van der Waals surface area contributed by atoms with E-state index in [1.165, 1.54) is 17.0 Å². The zero-order chi connectivity index (χ0) is 21.5. The first-order valence-corrected chi connectivity index (χ1v) is 9.87. The predicted molar refractivity (Wildman–Crippen MR) is 113 cm³/mol. The molecular formula is C22H28N4O4. The molecule has 1 aromatic carbocycles. The Morgan fingerprint density at radius 2 is 1.90 bits per heavy atom. The van der Waals surface area contributed by atoms with Gasteiger partial charge in [-0.25, -0.2) is 5.01 Å². The van der Waals surface area contributed by atoms with E-state index >= 15 is 0 Å². The van der Waals surface area contributed by atoms with Gasteiger partial charge in [0.2, 0.25) is 5.91 Å². The van der Waals surface area contributed by atoms with E-state index in [4.69, 9.17) is 9.47 Å². The third-order valence-electron chi connectivity index (χ3n) is 5.10. The molecule has 0 saturated carbocycles. The predicted octanol–water partition coefficient (Wildman–Crippen LogP) is 1.82. The van der Waals surface area contributed by atoms with Gasteiger partial charge in [-0.1, -0.05) is 30.3 Å². The lowest BCUT2D eigenvalue weighted by atomic mass is 10.0. The molecule has 1 aliphatic rings. The molecule has 0 saturated heterocycles. The minimum Gasteiger partial charge on any atom is -0.383 e. The summed E-state index contributed by atoms with van der Waals surface area (Å²) in [5, 5.41) is 6.18. The second kappa shape index (κ2) is 10.2. The zero-order valence-electron chi connectivity index (χ0n) is 17.7. The Morgan fingerprint density at radius 3 is 2.53 bits per heavy atom. The van der Waals surface area contributed by atoms with Crippen molar-refractivity contribution in [3.05, 3.63) is 59.9 Å². The molecule has 1 atom stereocenters. The van der Waals surface area contributed by atoms with E-state index < -0.39 is 0 Å². The van der Waals surface area contributed by atoms with Gasteiger partial charge >= 0.3 is 0 Å². The summed E-state index contributed by atoms with van der Waals surface area (Å²) in [5.74, 6) is -0.501. The molecule has 0 N–H and O–H groups in total. The van der Waals surface area contributed by atoms with Gasteiger partial charge in [0.1, 0.15) is 13.2 Å². The maximum atomic E-state index is 13.2. The Hall–Kier alpha value is -2.97. The number of rotatable bonds is 9. The number of aromatic nitrogens is 1. The van der Waals surface area contributed by atoms with Crippen LogP contribution in [0.5, 0.6) is 0 Å². The second-order valence-electron chi connectivity index (χ2n) is 7.16. The summed E-state index contributed by atoms with van der Waals surface area (Å²) in [6, 6.07) is 13.6. The van der Waals surface area contributed by atoms with E-state index in [0.29, 0.717) is 19.6 Å². The van der Waals surface area contributed by atoms with Crippen molar-refractivity contribution in [1.29, 1.82) is 0 Å². The maximum absolute atomic E-state index is 13.2. The van der Waals surface area contributed by atoms with Crippen LogP contribution < -0.4 is 0 Å². The van der Waals surface area contributed by atoms with E-state index in [-0.39, 0.29) is 31.0 Å². The fourth-order valence-corrected chi connectivity index (χ4v) is 3.53. The molecule has 0 bridgehead atoms. The van der Waals surface area contributed by atoms with E-state index in [9.17, 15) is 9.59 Å². The summed E-state index contributed by atoms with van der Waals surface area (Å²) in [5.41, 5.74) is 2.82. The molecule has 0 aliphatic carbocycles. The average Bonchev–Trinajstić information content (AvgIpc) is 3.38. The molecule has 2 aromatic rings. The molecule has 0 unspecified atom stereocenters. The summed E-state index contributed by atoms with van der Waals surface area (Å²) >= 11 is 0. The number of ether oxygens (including phenoxy) is 2. The molecule has 2 heterocycles. The van der Waals surface area contributed by atoms with Crippen LogP contribution in [0.3, 0.4) is 0 Å². The fraction of sp³-hybridized carbons (Fsp3) is 0.409. The monoisotopic (exact) mass is 412 g/mol. The quantitative estimate of drug-likeness (QED) is 0.630. The lowest BCUT2D eigenvalue weighted by Crippen LogP contribution is -2.44. The minimum absolute atomic E-state index is 0.0845. The van der Waals surface area contributed by atoms with E-state index in [0.717, 1.165) is 17.0 Å². The van der Waals surface area contributed by atoms with Crippen LogP contribution in [0.4, 0.5) is 0 Å². The van der Waals surface area contributed by atoms with Crippen molar-refractivity contribution in [2.75, 3.05) is 40.5 Å². The van der Waals surface area contributed by atoms with E-state index in [2.05, 4.69) is 5.10 Å². The maximum Gasteiger partial charge on any atom is 0.262 e. The van der Waals surface area contributed by atoms with Crippen molar-refractivity contribution in [2.24, 2.45) is 12.1 Å². The van der Waals surface area contributed by atoms with Crippen LogP contribution >= 0.6 is 0 Å². The highest BCUT2D eigenvalue weighted by Crippen LogP contribution is 2.32. The largest absolute Gasteiger partial charge is 0.383 e. The highest BCUT2D eigenvalue weighted by Gasteiger charge is 2.34. The Morgan fingerprint density at radius 1 is 1.13 bits per heavy atom. The van der Waals surface area contributed by atoms with Crippen LogP contribution in [0.2, 0.25) is 0 Å². The average molecular weight is 412 g/mol. The summed E-state index contributed by atoms with van der Waals surface area (Å²) in [6.45, 7) is 0.473. The summed E-state index contributed by atoms with van der Waals surface area (Å²) < 4.78 is 12.0. The van der Waals surface area contributed by atoms with Gasteiger partial charge in [0.25, 0.3) is 5.91 Å². The topological polar surface area (TPSA) is 76.4 Å². The summed E-state index contributed by atoms with van der Waals surface area (Å²) in [6.07, 6.45) is 2.56. The molecule has 1 aliphatic heterocycles. The molecule has 30 heavy (non-hydrogen) atoms. The standard InChI is InChI=1S/C22H28N4O4/c1-24-11-7-10-19(24)18-14-20(17-8-5-4-6-9-17)26(23-18)21(27)15-25(12-13-29-2)22(28)16-30-3/h4-11,20H,12-16H2,1-3H3/t20-/m0/s1. The number of aryl methyl sites for hydroxylation is 1. The van der Waals surface area contributed by atoms with Gasteiger partial charge in [-0.3, -0.25) is 9.59 Å². The van der Waals surface area contributed by atoms with Crippen molar-refractivity contribution in [3.63, 3.8) is 0 Å². The Kier molecular flexibility index (Phi) is 7.37. The van der Waals surface area contributed by atoms with Gasteiger partial charge in [-0.05, 0) is 17.7 Å². The van der Waals surface area contributed by atoms with Crippen LogP contribution in [0, 0.1) is 0 Å². The number of benzene rings is 1. The van der Waals surface area contributed by atoms with Gasteiger partial charge in [0, 0.05) is 40.4 Å². The van der Waals surface area contributed by atoms with Crippen LogP contribution in [-0.4, -0.2) is 72.5 Å². The number of hydrogen-bond acceptors (Lipinski definition) is 5. The first-order valence-electron chi connectivity index (χ1n) is 9.87. The van der Waals surface area contributed by atoms with Crippen LogP contribution in [0.15, 0.2) is 53.8 Å². The van der Waals surface area contributed by atoms with Gasteiger partial charge in [-0.15, -0.1) is 0 Å². The number of hydrogen-bond donors (Lipinski definition) is 0. The van der Waals surface area contributed by atoms with Crippen molar-refractivity contribution in [3.8, 4) is 0 Å². The third kappa shape index (κ3) is 4.95. The normalized spacial score (nSPS) is 15.9. The van der Waals surface area contributed by atoms with Crippen molar-refractivity contribution < 1.29 is 19.1 Å². The molecule has 8 heteroatoms. The molecular weight excluding hydrogens is 384 g/mol. The number of nitrogens with zero attached hydrogens (tertiary/aromatic N) is 4. The van der Waals surface area contributed by atoms with Gasteiger partial charge in [0.05, 0.1) is 24.1 Å². The molecule has 0 radical (unpaired) electrons. The van der Waals surface area contributed by atoms with Gasteiger partial charge in [-0.2, -0.15) is 5.10 Å². The highest BCUT2D eigenvalue weighted by atomic mass is 16.5. The second-order valence-corrected chi connectivity index (χ2v) is 7.16. The van der Waals surface area contributed by atoms with Crippen LogP contribution in [-0.2, 0) is 26.1 Å². The SMILES string of the molecule is COCCN(CC(=O)N1N=C(c2cccn2C)C[C@H]1c1ccccc1)C(=O)COC. The van der Waals surface area contributed by atoms with E-state index in [1.54, 1.807) is 7.11 Å². The number of amides is 2. The third-order valence-corrected chi connectivity index (χ3v) is 5.10. The Balaban J connectivity index is 1.85. The van der Waals surface area contributed by atoms with Gasteiger partial charge in [0.15, 0.2) is 0 Å². The van der Waals surface area contributed by atoms with Crippen molar-refractivity contribution in [2.45, 2.75) is 12.5 Å². The number of methoxy groups -OCH3 is 2. The van der Waals surface area contributed by atoms with Crippen molar-refractivity contribution >= 4 is 17.5 Å². The first-order chi connectivity index (χ1) is 14.5. The lowest BCUT2D eigenvalue weighted by molar-refractivity contribution is -0.144. The summed E-state index contributed by atoms with van der Waals surface area (Å²) in [7, 11) is 4.97. The highest BCUT2D eigenvalue weighted by molar-refractivity contribution is 6.02. The summed E-state index contributed by atoms with van der Waals surface area (Å²) in [4.78, 5) is 27.1. The number of carbonyl (C=O) groups is 2. The van der Waals surface area contributed by atoms with Crippen LogP contribution in [0.1, 0.15) is 23.7 Å². The minimum atomic E-state index is -0.259. The first kappa shape index (κ1) is 21.7. The molecule has 0 fully saturated rings. The van der Waals surface area contributed by atoms with Crippen LogP contribution in [0.25, 0.3) is 0 Å². The van der Waals surface area contributed by atoms with E-state index in [1.807, 2.05) is 60.3 Å². The van der Waals surface area contributed by atoms with Gasteiger partial charge < -0.3 is 18.9 Å². The molecule has 3 rings (SSSR count). The Bertz CT molecular complexity index is 894. The molecule has 1 aromatic heterocycles. The molecule has 0 spiro atoms. The Labute approximate surface area is 176 Å². The molecule has 2 amide bonds.